The van der Waals surface area contributed by atoms with Gasteiger partial charge in [0.15, 0.2) is 0 Å². The lowest BCUT2D eigenvalue weighted by Gasteiger charge is -2.30. The highest BCUT2D eigenvalue weighted by atomic mass is 19.1. The van der Waals surface area contributed by atoms with Crippen molar-refractivity contribution in [2.45, 2.75) is 50.0 Å². The molecule has 1 aromatic rings. The minimum Gasteiger partial charge on any atom is -0.368 e. The van der Waals surface area contributed by atoms with Crippen molar-refractivity contribution in [3.63, 3.8) is 0 Å². The van der Waals surface area contributed by atoms with Crippen LogP contribution in [-0.4, -0.2) is 25.2 Å². The summed E-state index contributed by atoms with van der Waals surface area (Å²) in [6.45, 7) is 1.30. The largest absolute Gasteiger partial charge is 0.368 e. The molecule has 114 valence electrons. The quantitative estimate of drug-likeness (QED) is 0.926. The molecule has 0 radical (unpaired) electrons. The van der Waals surface area contributed by atoms with Crippen molar-refractivity contribution >= 4 is 5.91 Å². The van der Waals surface area contributed by atoms with Crippen LogP contribution in [0, 0.1) is 5.82 Å². The molecule has 0 aromatic heterocycles. The summed E-state index contributed by atoms with van der Waals surface area (Å²) < 4.78 is 18.6. The summed E-state index contributed by atoms with van der Waals surface area (Å²) in [5.41, 5.74) is 1.09. The molecular formula is C17H22FNO2. The van der Waals surface area contributed by atoms with Gasteiger partial charge in [0.05, 0.1) is 0 Å². The number of carbonyl (C=O) groups excluding carboxylic acids is 1. The van der Waals surface area contributed by atoms with Gasteiger partial charge in [-0.1, -0.05) is 25.0 Å². The average molecular weight is 291 g/mol. The van der Waals surface area contributed by atoms with Crippen LogP contribution in [0.25, 0.3) is 0 Å². The Labute approximate surface area is 124 Å². The highest BCUT2D eigenvalue weighted by molar-refractivity contribution is 5.81. The molecule has 2 aliphatic rings. The first-order valence-electron chi connectivity index (χ1n) is 7.85. The van der Waals surface area contributed by atoms with Gasteiger partial charge >= 0.3 is 0 Å². The number of amides is 1. The normalized spacial score (nSPS) is 24.1. The second-order valence-corrected chi connectivity index (χ2v) is 6.21. The van der Waals surface area contributed by atoms with E-state index in [1.165, 1.54) is 12.1 Å². The maximum Gasteiger partial charge on any atom is 0.249 e. The SMILES string of the molecule is O=C(NCC1(c2ccc(F)cc2)CCCC1)[C@@H]1CCCO1. The summed E-state index contributed by atoms with van der Waals surface area (Å²) in [5.74, 6) is -0.212. The first-order valence-corrected chi connectivity index (χ1v) is 7.85. The predicted molar refractivity (Wildman–Crippen MR) is 78.5 cm³/mol. The van der Waals surface area contributed by atoms with Crippen LogP contribution in [-0.2, 0) is 14.9 Å². The summed E-state index contributed by atoms with van der Waals surface area (Å²) in [4.78, 5) is 12.1. The average Bonchev–Trinajstić information content (AvgIpc) is 3.18. The number of rotatable bonds is 4. The van der Waals surface area contributed by atoms with E-state index in [1.807, 2.05) is 12.1 Å². The highest BCUT2D eigenvalue weighted by Gasteiger charge is 2.36. The Hall–Kier alpha value is -1.42. The van der Waals surface area contributed by atoms with Crippen LogP contribution in [0.1, 0.15) is 44.1 Å². The van der Waals surface area contributed by atoms with E-state index in [0.717, 1.165) is 44.1 Å². The van der Waals surface area contributed by atoms with E-state index in [9.17, 15) is 9.18 Å². The number of benzene rings is 1. The van der Waals surface area contributed by atoms with Crippen molar-refractivity contribution in [2.24, 2.45) is 0 Å². The topological polar surface area (TPSA) is 38.3 Å². The first kappa shape index (κ1) is 14.5. The Kier molecular flexibility index (Phi) is 4.24. The van der Waals surface area contributed by atoms with E-state index < -0.39 is 0 Å². The Bertz CT molecular complexity index is 488. The van der Waals surface area contributed by atoms with Crippen LogP contribution in [0.3, 0.4) is 0 Å². The van der Waals surface area contributed by atoms with Crippen LogP contribution >= 0.6 is 0 Å². The van der Waals surface area contributed by atoms with E-state index >= 15 is 0 Å². The number of hydrogen-bond acceptors (Lipinski definition) is 2. The van der Waals surface area contributed by atoms with E-state index in [1.54, 1.807) is 0 Å². The molecule has 21 heavy (non-hydrogen) atoms. The van der Waals surface area contributed by atoms with Gasteiger partial charge in [-0.3, -0.25) is 4.79 Å². The number of hydrogen-bond donors (Lipinski definition) is 1. The van der Waals surface area contributed by atoms with Crippen LogP contribution < -0.4 is 5.32 Å². The molecule has 1 aliphatic heterocycles. The Morgan fingerprint density at radius 1 is 1.24 bits per heavy atom. The molecule has 2 fully saturated rings. The van der Waals surface area contributed by atoms with Crippen LogP contribution in [0.4, 0.5) is 4.39 Å². The molecule has 0 spiro atoms. The molecule has 4 heteroatoms. The third-order valence-corrected chi connectivity index (χ3v) is 4.84. The van der Waals surface area contributed by atoms with Gasteiger partial charge in [0.1, 0.15) is 11.9 Å². The molecule has 3 rings (SSSR count). The fraction of sp³-hybridized carbons (Fsp3) is 0.588. The van der Waals surface area contributed by atoms with Crippen molar-refractivity contribution in [1.82, 2.24) is 5.32 Å². The zero-order valence-electron chi connectivity index (χ0n) is 12.2. The zero-order chi connectivity index (χ0) is 14.7. The molecule has 1 aliphatic carbocycles. The molecular weight excluding hydrogens is 269 g/mol. The lowest BCUT2D eigenvalue weighted by Crippen LogP contribution is -2.43. The third-order valence-electron chi connectivity index (χ3n) is 4.84. The Morgan fingerprint density at radius 2 is 1.95 bits per heavy atom. The lowest BCUT2D eigenvalue weighted by molar-refractivity contribution is -0.130. The number of carbonyl (C=O) groups is 1. The van der Waals surface area contributed by atoms with Crippen molar-refractivity contribution in [2.75, 3.05) is 13.2 Å². The summed E-state index contributed by atoms with van der Waals surface area (Å²) in [6.07, 6.45) is 5.91. The fourth-order valence-electron chi connectivity index (χ4n) is 3.58. The molecule has 0 unspecified atom stereocenters. The van der Waals surface area contributed by atoms with Crippen LogP contribution in [0.15, 0.2) is 24.3 Å². The molecule has 0 bridgehead atoms. The summed E-state index contributed by atoms with van der Waals surface area (Å²) in [7, 11) is 0. The minimum absolute atomic E-state index is 0.000821. The highest BCUT2D eigenvalue weighted by Crippen LogP contribution is 2.40. The molecule has 1 atom stereocenters. The summed E-state index contributed by atoms with van der Waals surface area (Å²) in [6, 6.07) is 6.74. The van der Waals surface area contributed by atoms with Crippen LogP contribution in [0.5, 0.6) is 0 Å². The standard InChI is InChI=1S/C17H22FNO2/c18-14-7-5-13(6-8-14)17(9-1-2-10-17)12-19-16(20)15-4-3-11-21-15/h5-8,15H,1-4,9-12H2,(H,19,20)/t15-/m0/s1. The fourth-order valence-corrected chi connectivity index (χ4v) is 3.58. The van der Waals surface area contributed by atoms with Gasteiger partial charge in [0.2, 0.25) is 5.91 Å². The molecule has 1 amide bonds. The molecule has 1 saturated carbocycles. The molecule has 1 heterocycles. The predicted octanol–water partition coefficient (Wildman–Crippen LogP) is 2.93. The van der Waals surface area contributed by atoms with E-state index in [0.29, 0.717) is 13.2 Å². The number of nitrogens with one attached hydrogen (secondary N) is 1. The first-order chi connectivity index (χ1) is 10.2. The van der Waals surface area contributed by atoms with Crippen molar-refractivity contribution in [1.29, 1.82) is 0 Å². The smallest absolute Gasteiger partial charge is 0.249 e. The van der Waals surface area contributed by atoms with Crippen molar-refractivity contribution in [3.05, 3.63) is 35.6 Å². The summed E-state index contributed by atoms with van der Waals surface area (Å²) in [5, 5.41) is 3.06. The maximum absolute atomic E-state index is 13.1. The lowest BCUT2D eigenvalue weighted by atomic mass is 9.78. The molecule has 1 aromatic carbocycles. The number of halogens is 1. The minimum atomic E-state index is -0.281. The Balaban J connectivity index is 1.69. The van der Waals surface area contributed by atoms with Gasteiger partial charge < -0.3 is 10.1 Å². The maximum atomic E-state index is 13.1. The van der Waals surface area contributed by atoms with Crippen molar-refractivity contribution in [3.8, 4) is 0 Å². The van der Waals surface area contributed by atoms with E-state index in [2.05, 4.69) is 5.32 Å². The van der Waals surface area contributed by atoms with Gasteiger partial charge in [-0.05, 0) is 43.4 Å². The monoisotopic (exact) mass is 291 g/mol. The number of ether oxygens (including phenoxy) is 1. The van der Waals surface area contributed by atoms with Gasteiger partial charge in [-0.15, -0.1) is 0 Å². The third kappa shape index (κ3) is 3.10. The van der Waals surface area contributed by atoms with Crippen LogP contribution in [0.2, 0.25) is 0 Å². The second kappa shape index (κ2) is 6.14. The molecule has 3 nitrogen and oxygen atoms in total. The van der Waals surface area contributed by atoms with Gasteiger partial charge in [-0.25, -0.2) is 4.39 Å². The van der Waals surface area contributed by atoms with Crippen molar-refractivity contribution < 1.29 is 13.9 Å². The van der Waals surface area contributed by atoms with Gasteiger partial charge in [-0.2, -0.15) is 0 Å². The molecule has 1 N–H and O–H groups in total. The Morgan fingerprint density at radius 3 is 2.57 bits per heavy atom. The van der Waals surface area contributed by atoms with E-state index in [4.69, 9.17) is 4.74 Å². The summed E-state index contributed by atoms with van der Waals surface area (Å²) >= 11 is 0. The van der Waals surface area contributed by atoms with Gasteiger partial charge in [0, 0.05) is 18.6 Å². The molecule has 1 saturated heterocycles. The van der Waals surface area contributed by atoms with Gasteiger partial charge in [0.25, 0.3) is 0 Å². The second-order valence-electron chi connectivity index (χ2n) is 6.21. The van der Waals surface area contributed by atoms with E-state index in [-0.39, 0.29) is 23.2 Å². The zero-order valence-corrected chi connectivity index (χ0v) is 12.2.